The summed E-state index contributed by atoms with van der Waals surface area (Å²) < 4.78 is 19.1. The number of carbonyl (C=O) groups is 7. The summed E-state index contributed by atoms with van der Waals surface area (Å²) in [6.07, 6.45) is 3.31. The van der Waals surface area contributed by atoms with Gasteiger partial charge in [-0.1, -0.05) is 45.5 Å². The number of nitrogens with zero attached hydrogens (tertiary/aromatic N) is 16. The number of nitrogens with two attached hydrogens (primary N) is 1. The third-order valence-electron chi connectivity index (χ3n) is 10.5. The van der Waals surface area contributed by atoms with Crippen molar-refractivity contribution in [3.8, 4) is 0 Å². The molecule has 0 atom stereocenters. The first-order valence-electron chi connectivity index (χ1n) is 29.2. The Hall–Kier alpha value is -6.45. The van der Waals surface area contributed by atoms with Crippen LogP contribution in [0.2, 0.25) is 0 Å². The Labute approximate surface area is 699 Å². The Morgan fingerprint density at radius 2 is 1.01 bits per heavy atom. The second-order valence-corrected chi connectivity index (χ2v) is 25.4. The van der Waals surface area contributed by atoms with E-state index < -0.39 is 29.6 Å². The van der Waals surface area contributed by atoms with Crippen molar-refractivity contribution in [1.82, 2.24) is 15.5 Å². The van der Waals surface area contributed by atoms with Crippen LogP contribution in [-0.2, 0) is 51.4 Å². The Balaban J connectivity index is -0.000000149. The zero-order valence-corrected chi connectivity index (χ0v) is 73.0. The van der Waals surface area contributed by atoms with Gasteiger partial charge in [0.25, 0.3) is 0 Å². The number of benzene rings is 5. The minimum atomic E-state index is -0.639. The average Bonchev–Trinajstić information content (AvgIpc) is 0.835. The van der Waals surface area contributed by atoms with E-state index in [2.05, 4.69) is 216 Å². The summed E-state index contributed by atoms with van der Waals surface area (Å²) in [4.78, 5) is 95.8. The number of esters is 1. The van der Waals surface area contributed by atoms with Crippen LogP contribution in [0, 0.1) is 27.7 Å². The molecule has 43 heteroatoms. The number of azide groups is 5. The number of rotatable bonds is 17. The Bertz CT molecular complexity index is 3660. The van der Waals surface area contributed by atoms with Gasteiger partial charge in [0.1, 0.15) is 18.2 Å². The second-order valence-electron chi connectivity index (χ2n) is 20.4. The molecule has 0 aliphatic carbocycles. The monoisotopic (exact) mass is 1840 g/mol. The number of methoxy groups -OCH3 is 1. The van der Waals surface area contributed by atoms with Crippen molar-refractivity contribution >= 4 is 183 Å². The van der Waals surface area contributed by atoms with E-state index in [4.69, 9.17) is 48.3 Å². The SMILES string of the molecule is CC(=O)OOC(C)=O.CC(C)(C)OC(=O)NCCNCc1cc(N=[N+]=[N-])c(N=[N+]=[N-])c(N=[N+]=[N-])c1.CCCN.CCCN(C)C.CO.COC(=O)c1cc(C)c(Br)c(Br)c1.Cc1cc(C=O)cc(Br)c1Br.Cc1cc(C=O)cc(N=[N+]=[N-])c1N=[N+]=[N-].Cc1cc(CO)cc(Br)c1Br.[B-]OC(C)=O.[B].[H-].[Li+].[Na+]. The molecule has 560 valence electrons. The first-order chi connectivity index (χ1) is 48.0. The largest absolute Gasteiger partial charge is 1.00 e. The number of hydrogen-bond donors (Lipinski definition) is 5. The third-order valence-corrected chi connectivity index (χ3v) is 17.1. The molecule has 0 heterocycles. The van der Waals surface area contributed by atoms with Gasteiger partial charge in [0, 0.05) is 141 Å². The molecular weight excluding hydrogens is 1770 g/mol. The molecule has 0 saturated carbocycles. The number of carbonyl (C=O) groups excluding carboxylic acids is 7. The summed E-state index contributed by atoms with van der Waals surface area (Å²) in [6, 6.07) is 16.9. The summed E-state index contributed by atoms with van der Waals surface area (Å²) in [5.41, 5.74) is 54.4. The number of amides is 1. The zero-order valence-electron chi connectivity index (χ0n) is 62.5. The van der Waals surface area contributed by atoms with Gasteiger partial charge < -0.3 is 55.1 Å². The van der Waals surface area contributed by atoms with Gasteiger partial charge in [-0.2, -0.15) is 0 Å². The van der Waals surface area contributed by atoms with Crippen molar-refractivity contribution in [3.05, 3.63) is 190 Å². The molecule has 0 saturated heterocycles. The zero-order chi connectivity index (χ0) is 79.7. The maximum atomic E-state index is 11.5. The van der Waals surface area contributed by atoms with E-state index in [1.807, 2.05) is 39.0 Å². The number of ether oxygens (including phenoxy) is 2. The maximum absolute atomic E-state index is 11.5. The molecule has 5 rings (SSSR count). The van der Waals surface area contributed by atoms with E-state index in [0.29, 0.717) is 53.7 Å². The standard InChI is InChI=1S/C14H19N11O2.C9H8Br2O2.C8H8Br2O.C8H6Br2O.C8H6N6O.C5H13N.C4H6O4.C3H9N.C2H3BO2.CH4O.B.Li.Na.H/c1-14(2,3)27-13(26)19-5-4-18-8-9-6-10(20-23-15)12(22-25-17)11(7-9)21-24-16;1-5-3-6(9(12)13-2)4-7(10)8(5)11;2*1-5-2-6(4-11)3-7(9)8(5)10;1-5-2-6(4-15)3-7(11-13-9)8(5)12-14-10;1-4-5-6(2)3;1-3(5)7-8-4(2)6;1-2-3-4;1-2(4)5-3;1-2;;;;/h6-7,18H,4-5,8H2,1-3H3,(H,19,26);3-4H,1-2H3;2-3,11H,4H2,1H3;2-4H,1H3;2-4H,1H3;4-5H2,1-3H3;1-2H3;2-4H2,1H3;1H3;2H,1H3;;;;/q;;;;;;;;-1;;;2*+1;-1. The second kappa shape index (κ2) is 69.3. The van der Waals surface area contributed by atoms with E-state index in [0.717, 1.165) is 89.3 Å². The van der Waals surface area contributed by atoms with Crippen LogP contribution in [0.25, 0.3) is 52.2 Å². The number of aliphatic hydroxyl groups excluding tert-OH is 2. The number of halogens is 6. The molecule has 5 aromatic carbocycles. The van der Waals surface area contributed by atoms with Crippen molar-refractivity contribution in [1.29, 1.82) is 0 Å². The first-order valence-corrected chi connectivity index (χ1v) is 34.0. The third kappa shape index (κ3) is 57.4. The van der Waals surface area contributed by atoms with Gasteiger partial charge >= 0.3 is 72.4 Å². The fourth-order valence-electron chi connectivity index (χ4n) is 6.35. The molecule has 105 heavy (non-hydrogen) atoms. The molecule has 0 aliphatic heterocycles. The first kappa shape index (κ1) is 114. The van der Waals surface area contributed by atoms with Crippen molar-refractivity contribution in [3.63, 3.8) is 0 Å². The van der Waals surface area contributed by atoms with Crippen molar-refractivity contribution in [2.75, 3.05) is 54.5 Å². The number of aryl methyl sites for hydroxylation is 4. The van der Waals surface area contributed by atoms with Gasteiger partial charge in [-0.3, -0.25) is 14.4 Å². The average molecular weight is 1850 g/mol. The van der Waals surface area contributed by atoms with Crippen molar-refractivity contribution < 1.29 is 118 Å². The summed E-state index contributed by atoms with van der Waals surface area (Å²) in [7, 11) is 10.9. The quantitative estimate of drug-likeness (QED) is 0.00664. The predicted molar refractivity (Wildman–Crippen MR) is 420 cm³/mol. The van der Waals surface area contributed by atoms with Crippen LogP contribution in [-0.4, -0.2) is 134 Å². The summed E-state index contributed by atoms with van der Waals surface area (Å²) >= 11 is 20.2. The van der Waals surface area contributed by atoms with Crippen LogP contribution in [0.1, 0.15) is 134 Å². The molecule has 0 fully saturated rings. The van der Waals surface area contributed by atoms with Crippen LogP contribution in [0.4, 0.5) is 33.2 Å². The molecule has 6 N–H and O–H groups in total. The molecule has 1 amide bonds. The van der Waals surface area contributed by atoms with Gasteiger partial charge in [-0.05, 0) is 300 Å². The van der Waals surface area contributed by atoms with Gasteiger partial charge in [0.2, 0.25) is 5.97 Å². The van der Waals surface area contributed by atoms with Crippen LogP contribution >= 0.6 is 95.6 Å². The molecular formula is C62H83B2Br6LiN19NaO14. The Morgan fingerprint density at radius 1 is 0.619 bits per heavy atom. The summed E-state index contributed by atoms with van der Waals surface area (Å²) in [5.74, 6) is -2.07. The number of alkyl carbamates (subject to hydrolysis) is 1. The molecule has 6 radical (unpaired) electrons. The van der Waals surface area contributed by atoms with Crippen LogP contribution in [0.3, 0.4) is 0 Å². The predicted octanol–water partition coefficient (Wildman–Crippen LogP) is 12.8. The molecule has 0 unspecified atom stereocenters. The van der Waals surface area contributed by atoms with Crippen LogP contribution < -0.4 is 64.8 Å². The summed E-state index contributed by atoms with van der Waals surface area (Å²) in [5, 5.41) is 38.6. The van der Waals surface area contributed by atoms with Gasteiger partial charge in [-0.15, -0.1) is 0 Å². The Morgan fingerprint density at radius 3 is 1.34 bits per heavy atom. The van der Waals surface area contributed by atoms with Gasteiger partial charge in [0.05, 0.1) is 25.0 Å². The topological polar surface area (TPSA) is 503 Å². The van der Waals surface area contributed by atoms with E-state index in [1.54, 1.807) is 52.0 Å². The van der Waals surface area contributed by atoms with E-state index in [9.17, 15) is 33.6 Å². The number of nitrogens with one attached hydrogen (secondary N) is 2. The molecule has 0 bridgehead atoms. The van der Waals surface area contributed by atoms with E-state index in [-0.39, 0.29) is 99.3 Å². The molecule has 0 aliphatic rings. The Kier molecular flexibility index (Phi) is 75.5. The number of aliphatic hydroxyl groups is 2. The summed E-state index contributed by atoms with van der Waals surface area (Å²) in [6.45, 7) is 23.8. The normalized spacial score (nSPS) is 8.94. The minimum absolute atomic E-state index is 0. The fraction of sp³-hybridized carbons (Fsp3) is 0.403. The smallest absolute Gasteiger partial charge is 1.00 e. The van der Waals surface area contributed by atoms with Gasteiger partial charge in [-0.25, -0.2) is 29.0 Å². The molecule has 33 nitrogen and oxygen atoms in total. The fourth-order valence-corrected chi connectivity index (χ4v) is 8.78. The number of aldehydes is 2. The molecule has 0 spiro atoms. The van der Waals surface area contributed by atoms with Crippen molar-refractivity contribution in [2.45, 2.75) is 115 Å². The molecule has 5 aromatic rings. The minimum Gasteiger partial charge on any atom is -1.00 e. The van der Waals surface area contributed by atoms with E-state index in [1.165, 1.54) is 45.2 Å². The van der Waals surface area contributed by atoms with Crippen LogP contribution in [0.15, 0.2) is 113 Å². The molecule has 0 aromatic heterocycles. The van der Waals surface area contributed by atoms with E-state index >= 15 is 0 Å². The number of hydrogen-bond acceptors (Lipinski definition) is 22. The van der Waals surface area contributed by atoms with Gasteiger partial charge in [0.15, 0.2) is 0 Å². The van der Waals surface area contributed by atoms with Crippen LogP contribution in [0.5, 0.6) is 0 Å². The van der Waals surface area contributed by atoms with Crippen molar-refractivity contribution in [2.24, 2.45) is 31.3 Å². The maximum Gasteiger partial charge on any atom is 1.00 e.